The van der Waals surface area contributed by atoms with Gasteiger partial charge in [0.2, 0.25) is 0 Å². The van der Waals surface area contributed by atoms with Crippen LogP contribution in [0.4, 0.5) is 0 Å². The summed E-state index contributed by atoms with van der Waals surface area (Å²) < 4.78 is 0. The molecule has 0 saturated heterocycles. The standard InChI is InChI=1S/C6H10N2/c1-2-4-6-8-7-5-3-1/h1-2,5,8H,3-4,6H2/b2-1?,7-5-. The molecule has 0 aromatic carbocycles. The SMILES string of the molecule is C1=CCCN/N=C\C1. The number of allylic oxidation sites excluding steroid dienone is 1. The van der Waals surface area contributed by atoms with Gasteiger partial charge in [-0.3, -0.25) is 0 Å². The molecule has 0 unspecified atom stereocenters. The molecule has 1 aliphatic rings. The van der Waals surface area contributed by atoms with Crippen molar-refractivity contribution in [2.24, 2.45) is 5.10 Å². The fourth-order valence-electron chi connectivity index (χ4n) is 0.605. The summed E-state index contributed by atoms with van der Waals surface area (Å²) >= 11 is 0. The smallest absolute Gasteiger partial charge is 0.0364 e. The minimum absolute atomic E-state index is 0.965. The molecule has 1 rings (SSSR count). The van der Waals surface area contributed by atoms with Crippen LogP contribution in [0.2, 0.25) is 0 Å². The lowest BCUT2D eigenvalue weighted by Crippen LogP contribution is -2.07. The topological polar surface area (TPSA) is 24.4 Å². The molecule has 0 atom stereocenters. The molecule has 2 heteroatoms. The molecule has 8 heavy (non-hydrogen) atoms. The number of rotatable bonds is 0. The van der Waals surface area contributed by atoms with Crippen LogP contribution in [0.3, 0.4) is 0 Å². The monoisotopic (exact) mass is 110 g/mol. The van der Waals surface area contributed by atoms with Gasteiger partial charge in [0, 0.05) is 19.2 Å². The second-order valence-corrected chi connectivity index (χ2v) is 1.72. The molecule has 0 amide bonds. The van der Waals surface area contributed by atoms with Gasteiger partial charge in [-0.05, 0) is 6.42 Å². The minimum atomic E-state index is 0.965. The normalized spacial score (nSPS) is 23.0. The lowest BCUT2D eigenvalue weighted by molar-refractivity contribution is 0.739. The third-order valence-corrected chi connectivity index (χ3v) is 1.01. The van der Waals surface area contributed by atoms with Crippen LogP contribution in [-0.2, 0) is 0 Å². The van der Waals surface area contributed by atoms with Crippen LogP contribution < -0.4 is 5.43 Å². The van der Waals surface area contributed by atoms with Crippen LogP contribution in [0.25, 0.3) is 0 Å². The van der Waals surface area contributed by atoms with Crippen molar-refractivity contribution in [3.63, 3.8) is 0 Å². The Morgan fingerprint density at radius 1 is 1.38 bits per heavy atom. The molecule has 44 valence electrons. The second-order valence-electron chi connectivity index (χ2n) is 1.72. The number of hydrogen-bond acceptors (Lipinski definition) is 2. The van der Waals surface area contributed by atoms with Crippen LogP contribution in [0.5, 0.6) is 0 Å². The van der Waals surface area contributed by atoms with Gasteiger partial charge in [-0.2, -0.15) is 5.10 Å². The second kappa shape index (κ2) is 3.24. The maximum Gasteiger partial charge on any atom is 0.0364 e. The largest absolute Gasteiger partial charge is 0.310 e. The van der Waals surface area contributed by atoms with E-state index in [-0.39, 0.29) is 0 Å². The van der Waals surface area contributed by atoms with Crippen LogP contribution in [-0.4, -0.2) is 12.8 Å². The van der Waals surface area contributed by atoms with Crippen molar-refractivity contribution >= 4 is 6.21 Å². The first-order chi connectivity index (χ1) is 4.00. The van der Waals surface area contributed by atoms with E-state index >= 15 is 0 Å². The first kappa shape index (κ1) is 5.35. The third kappa shape index (κ3) is 1.78. The number of hydrazone groups is 1. The van der Waals surface area contributed by atoms with Crippen LogP contribution >= 0.6 is 0 Å². The van der Waals surface area contributed by atoms with Crippen molar-refractivity contribution < 1.29 is 0 Å². The Kier molecular flexibility index (Phi) is 2.17. The van der Waals surface area contributed by atoms with Crippen LogP contribution in [0, 0.1) is 0 Å². The van der Waals surface area contributed by atoms with Crippen LogP contribution in [0.1, 0.15) is 12.8 Å². The molecule has 1 heterocycles. The van der Waals surface area contributed by atoms with E-state index in [0.29, 0.717) is 0 Å². The predicted octanol–water partition coefficient (Wildman–Crippen LogP) is 0.912. The highest BCUT2D eigenvalue weighted by Gasteiger charge is 1.80. The van der Waals surface area contributed by atoms with E-state index in [1.54, 1.807) is 0 Å². The first-order valence-corrected chi connectivity index (χ1v) is 2.89. The summed E-state index contributed by atoms with van der Waals surface area (Å²) in [6, 6.07) is 0. The highest BCUT2D eigenvalue weighted by atomic mass is 15.3. The van der Waals surface area contributed by atoms with Gasteiger partial charge >= 0.3 is 0 Å². The Morgan fingerprint density at radius 3 is 3.38 bits per heavy atom. The van der Waals surface area contributed by atoms with Gasteiger partial charge in [-0.1, -0.05) is 12.2 Å². The van der Waals surface area contributed by atoms with E-state index in [2.05, 4.69) is 22.7 Å². The van der Waals surface area contributed by atoms with Gasteiger partial charge in [-0.15, -0.1) is 0 Å². The lowest BCUT2D eigenvalue weighted by Gasteiger charge is -1.96. The quantitative estimate of drug-likeness (QED) is 0.460. The zero-order valence-corrected chi connectivity index (χ0v) is 4.80. The summed E-state index contributed by atoms with van der Waals surface area (Å²) in [6.07, 6.45) is 8.22. The molecule has 1 aliphatic heterocycles. The average Bonchev–Trinajstić information content (AvgIpc) is 1.62. The molecule has 0 saturated carbocycles. The molecule has 0 aromatic heterocycles. The highest BCUT2D eigenvalue weighted by molar-refractivity contribution is 5.58. The van der Waals surface area contributed by atoms with Gasteiger partial charge in [-0.25, -0.2) is 0 Å². The predicted molar refractivity (Wildman–Crippen MR) is 34.9 cm³/mol. The summed E-state index contributed by atoms with van der Waals surface area (Å²) in [4.78, 5) is 0. The van der Waals surface area contributed by atoms with Gasteiger partial charge in [0.1, 0.15) is 0 Å². The summed E-state index contributed by atoms with van der Waals surface area (Å²) in [7, 11) is 0. The van der Waals surface area contributed by atoms with E-state index in [1.165, 1.54) is 0 Å². The molecule has 0 spiro atoms. The Hall–Kier alpha value is -0.790. The Morgan fingerprint density at radius 2 is 2.38 bits per heavy atom. The van der Waals surface area contributed by atoms with Crippen molar-refractivity contribution in [1.82, 2.24) is 5.43 Å². The number of nitrogens with one attached hydrogen (secondary N) is 1. The summed E-state index contributed by atoms with van der Waals surface area (Å²) in [5, 5.41) is 3.90. The lowest BCUT2D eigenvalue weighted by atomic mass is 10.3. The summed E-state index contributed by atoms with van der Waals surface area (Å²) in [5.74, 6) is 0. The zero-order valence-electron chi connectivity index (χ0n) is 4.80. The van der Waals surface area contributed by atoms with Gasteiger partial charge in [0.15, 0.2) is 0 Å². The van der Waals surface area contributed by atoms with Gasteiger partial charge in [0.05, 0.1) is 0 Å². The summed E-state index contributed by atoms with van der Waals surface area (Å²) in [6.45, 7) is 0.965. The molecular weight excluding hydrogens is 100 g/mol. The molecule has 1 N–H and O–H groups in total. The molecule has 0 radical (unpaired) electrons. The maximum atomic E-state index is 3.90. The fourth-order valence-corrected chi connectivity index (χ4v) is 0.605. The third-order valence-electron chi connectivity index (χ3n) is 1.01. The van der Waals surface area contributed by atoms with E-state index in [4.69, 9.17) is 0 Å². The van der Waals surface area contributed by atoms with Crippen LogP contribution in [0.15, 0.2) is 17.3 Å². The van der Waals surface area contributed by atoms with Crippen molar-refractivity contribution in [2.75, 3.05) is 6.54 Å². The van der Waals surface area contributed by atoms with E-state index in [0.717, 1.165) is 19.4 Å². The van der Waals surface area contributed by atoms with E-state index in [1.807, 2.05) is 6.21 Å². The van der Waals surface area contributed by atoms with E-state index < -0.39 is 0 Å². The fraction of sp³-hybridized carbons (Fsp3) is 0.500. The Labute approximate surface area is 49.3 Å². The highest BCUT2D eigenvalue weighted by Crippen LogP contribution is 1.86. The van der Waals surface area contributed by atoms with Crippen molar-refractivity contribution in [3.05, 3.63) is 12.2 Å². The van der Waals surface area contributed by atoms with Gasteiger partial charge < -0.3 is 5.43 Å². The molecule has 0 aliphatic carbocycles. The Balaban J connectivity index is 2.31. The average molecular weight is 110 g/mol. The Bertz CT molecular complexity index is 93.1. The van der Waals surface area contributed by atoms with E-state index in [9.17, 15) is 0 Å². The molecule has 0 aromatic rings. The maximum absolute atomic E-state index is 3.90. The molecule has 0 bridgehead atoms. The summed E-state index contributed by atoms with van der Waals surface area (Å²) in [5.41, 5.74) is 2.91. The minimum Gasteiger partial charge on any atom is -0.310 e. The van der Waals surface area contributed by atoms with Gasteiger partial charge in [0.25, 0.3) is 0 Å². The molecule has 0 fully saturated rings. The molecule has 2 nitrogen and oxygen atoms in total. The van der Waals surface area contributed by atoms with Crippen molar-refractivity contribution in [1.29, 1.82) is 0 Å². The number of hydrogen-bond donors (Lipinski definition) is 1. The molecular formula is C6H10N2. The van der Waals surface area contributed by atoms with Crippen molar-refractivity contribution in [3.8, 4) is 0 Å². The number of nitrogens with zero attached hydrogens (tertiary/aromatic N) is 1. The zero-order chi connectivity index (χ0) is 5.66. The van der Waals surface area contributed by atoms with Crippen molar-refractivity contribution in [2.45, 2.75) is 12.8 Å². The first-order valence-electron chi connectivity index (χ1n) is 2.89.